The average Bonchev–Trinajstić information content (AvgIpc) is 2.79. The van der Waals surface area contributed by atoms with Gasteiger partial charge in [-0.3, -0.25) is 19.3 Å². The molecule has 1 amide bonds. The summed E-state index contributed by atoms with van der Waals surface area (Å²) in [4.78, 5) is 42.6. The molecule has 0 heterocycles. The zero-order valence-electron chi connectivity index (χ0n) is 23.2. The van der Waals surface area contributed by atoms with Gasteiger partial charge in [-0.15, -0.1) is 5.54 Å². The van der Waals surface area contributed by atoms with Crippen molar-refractivity contribution in [3.05, 3.63) is 39.7 Å². The standard InChI is InChI=1S/C28H35N3O7Si/c1-30(2)17-12-13(8-9-39(5,6)7)22(32)19-15(17)10-14-11-16-21(31(3)4)24(34)20(27(29)37)26(36)28(16,38)25(35)18(14)23(19)33/h12,14,16,21,32-33,36,38H,10-11H2,1-7H3,(H2,29,37)/t14-,16-,21-,28-/m1/s1. The summed E-state index contributed by atoms with van der Waals surface area (Å²) >= 11 is 0. The molecule has 0 aromatic heterocycles. The number of anilines is 1. The molecule has 208 valence electrons. The first-order valence-corrected chi connectivity index (χ1v) is 16.2. The molecule has 6 N–H and O–H groups in total. The van der Waals surface area contributed by atoms with E-state index in [0.29, 0.717) is 16.8 Å². The normalized spacial score (nSPS) is 26.5. The van der Waals surface area contributed by atoms with E-state index in [1.807, 2.05) is 19.0 Å². The molecule has 10 nitrogen and oxygen atoms in total. The Morgan fingerprint density at radius 2 is 1.74 bits per heavy atom. The number of fused-ring (bicyclic) bond motifs is 3. The van der Waals surface area contributed by atoms with Gasteiger partial charge in [0.1, 0.15) is 30.9 Å². The number of benzene rings is 1. The van der Waals surface area contributed by atoms with Gasteiger partial charge >= 0.3 is 0 Å². The number of hydrogen-bond donors (Lipinski definition) is 5. The SMILES string of the molecule is CN(C)c1cc(C#C[Si](C)(C)C)c(O)c2c1C[C@@H]1C[C@@H]3[C@@H](N(C)C)C(=O)C(C(N)=O)=C(O)[C@]3(O)C(=O)C1=C2O. The summed E-state index contributed by atoms with van der Waals surface area (Å²) in [7, 11) is 4.95. The number of hydrogen-bond acceptors (Lipinski definition) is 9. The van der Waals surface area contributed by atoms with E-state index in [9.17, 15) is 34.8 Å². The molecule has 11 heteroatoms. The number of rotatable bonds is 3. The number of aromatic hydroxyl groups is 1. The van der Waals surface area contributed by atoms with Crippen LogP contribution in [0.1, 0.15) is 23.1 Å². The fourth-order valence-corrected chi connectivity index (χ4v) is 6.55. The van der Waals surface area contributed by atoms with Crippen molar-refractivity contribution in [2.45, 2.75) is 44.1 Å². The van der Waals surface area contributed by atoms with Crippen molar-refractivity contribution in [3.63, 3.8) is 0 Å². The van der Waals surface area contributed by atoms with Crippen molar-refractivity contribution in [1.29, 1.82) is 0 Å². The number of ketones is 2. The van der Waals surface area contributed by atoms with Crippen molar-refractivity contribution in [2.75, 3.05) is 33.1 Å². The van der Waals surface area contributed by atoms with E-state index in [-0.39, 0.29) is 29.7 Å². The predicted octanol–water partition coefficient (Wildman–Crippen LogP) is 1.26. The highest BCUT2D eigenvalue weighted by Gasteiger charge is 2.64. The number of nitrogens with two attached hydrogens (primary N) is 1. The van der Waals surface area contributed by atoms with Gasteiger partial charge in [-0.25, -0.2) is 0 Å². The van der Waals surface area contributed by atoms with Crippen LogP contribution in [0.15, 0.2) is 23.0 Å². The Balaban J connectivity index is 2.01. The molecule has 1 fully saturated rings. The highest BCUT2D eigenvalue weighted by Crippen LogP contribution is 2.54. The molecule has 0 bridgehead atoms. The quantitative estimate of drug-likeness (QED) is 0.210. The number of likely N-dealkylation sites (N-methyl/N-ethyl adjacent to an activating group) is 1. The van der Waals surface area contributed by atoms with Crippen LogP contribution in [0.2, 0.25) is 19.6 Å². The summed E-state index contributed by atoms with van der Waals surface area (Å²) in [6, 6.07) is 0.629. The second kappa shape index (κ2) is 9.26. The van der Waals surface area contributed by atoms with Crippen LogP contribution in [0.3, 0.4) is 0 Å². The Kier molecular flexibility index (Phi) is 6.74. The third-order valence-electron chi connectivity index (χ3n) is 7.75. The van der Waals surface area contributed by atoms with Crippen LogP contribution < -0.4 is 10.6 Å². The number of carbonyl (C=O) groups is 3. The molecule has 0 radical (unpaired) electrons. The molecule has 0 spiro atoms. The van der Waals surface area contributed by atoms with Gasteiger partial charge in [-0.2, -0.15) is 0 Å². The number of amides is 1. The van der Waals surface area contributed by atoms with E-state index in [1.165, 1.54) is 4.90 Å². The first-order chi connectivity index (χ1) is 17.9. The molecule has 0 unspecified atom stereocenters. The van der Waals surface area contributed by atoms with Gasteiger partial charge in [0.2, 0.25) is 5.78 Å². The molecular weight excluding hydrogens is 518 g/mol. The first-order valence-electron chi connectivity index (χ1n) is 12.7. The average molecular weight is 554 g/mol. The van der Waals surface area contributed by atoms with E-state index in [2.05, 4.69) is 31.1 Å². The predicted molar refractivity (Wildman–Crippen MR) is 149 cm³/mol. The van der Waals surface area contributed by atoms with E-state index >= 15 is 0 Å². The molecule has 3 aliphatic rings. The van der Waals surface area contributed by atoms with E-state index < -0.39 is 66.1 Å². The minimum atomic E-state index is -2.67. The topological polar surface area (TPSA) is 165 Å². The van der Waals surface area contributed by atoms with Crippen LogP contribution in [0.4, 0.5) is 5.69 Å². The minimum Gasteiger partial charge on any atom is -0.508 e. The molecule has 3 aliphatic carbocycles. The van der Waals surface area contributed by atoms with E-state index in [4.69, 9.17) is 5.73 Å². The maximum Gasteiger partial charge on any atom is 0.255 e. The van der Waals surface area contributed by atoms with Gasteiger partial charge in [-0.1, -0.05) is 25.6 Å². The lowest BCUT2D eigenvalue weighted by Gasteiger charge is -2.50. The Hall–Kier alpha value is -3.59. The smallest absolute Gasteiger partial charge is 0.255 e. The summed E-state index contributed by atoms with van der Waals surface area (Å²) in [5.74, 6) is -3.72. The number of primary amides is 1. The molecule has 4 rings (SSSR count). The van der Waals surface area contributed by atoms with Gasteiger partial charge in [0.25, 0.3) is 5.91 Å². The molecule has 4 atom stereocenters. The summed E-state index contributed by atoms with van der Waals surface area (Å²) < 4.78 is 0. The fourth-order valence-electron chi connectivity index (χ4n) is 6.04. The Bertz CT molecular complexity index is 1440. The molecule has 1 aromatic carbocycles. The zero-order chi connectivity index (χ0) is 29.4. The van der Waals surface area contributed by atoms with Crippen LogP contribution in [0, 0.1) is 23.3 Å². The number of aliphatic hydroxyl groups excluding tert-OH is 2. The molecular formula is C28H35N3O7Si. The molecule has 0 aliphatic heterocycles. The third kappa shape index (κ3) is 4.23. The molecule has 0 saturated heterocycles. The minimum absolute atomic E-state index is 0.0383. The van der Waals surface area contributed by atoms with Crippen molar-refractivity contribution in [1.82, 2.24) is 4.90 Å². The maximum absolute atomic E-state index is 14.0. The van der Waals surface area contributed by atoms with Crippen molar-refractivity contribution in [3.8, 4) is 17.2 Å². The number of phenols is 1. The molecule has 39 heavy (non-hydrogen) atoms. The van der Waals surface area contributed by atoms with Crippen LogP contribution in [-0.4, -0.2) is 90.7 Å². The van der Waals surface area contributed by atoms with Gasteiger partial charge in [0.05, 0.1) is 17.2 Å². The van der Waals surface area contributed by atoms with Gasteiger partial charge in [-0.05, 0) is 44.5 Å². The maximum atomic E-state index is 14.0. The summed E-state index contributed by atoms with van der Waals surface area (Å²) in [6.45, 7) is 6.17. The van der Waals surface area contributed by atoms with Crippen molar-refractivity contribution in [2.24, 2.45) is 17.6 Å². The number of aliphatic hydroxyl groups is 3. The monoisotopic (exact) mass is 553 g/mol. The zero-order valence-corrected chi connectivity index (χ0v) is 24.2. The second-order valence-corrected chi connectivity index (χ2v) is 16.8. The summed E-state index contributed by atoms with van der Waals surface area (Å²) in [6.07, 6.45) is 0.258. The number of nitrogens with zero attached hydrogens (tertiary/aromatic N) is 2. The van der Waals surface area contributed by atoms with E-state index in [0.717, 1.165) is 0 Å². The van der Waals surface area contributed by atoms with E-state index in [1.54, 1.807) is 20.2 Å². The lowest BCUT2D eigenvalue weighted by Crippen LogP contribution is -2.65. The van der Waals surface area contributed by atoms with Crippen LogP contribution in [0.25, 0.3) is 5.76 Å². The van der Waals surface area contributed by atoms with Gasteiger partial charge in [0, 0.05) is 31.3 Å². The lowest BCUT2D eigenvalue weighted by atomic mass is 9.57. The Morgan fingerprint density at radius 1 is 1.13 bits per heavy atom. The summed E-state index contributed by atoms with van der Waals surface area (Å²) in [5.41, 5.74) is 6.52. The molecule has 1 aromatic rings. The number of carbonyl (C=O) groups excluding carboxylic acids is 3. The fraction of sp³-hybridized carbons (Fsp3) is 0.464. The van der Waals surface area contributed by atoms with Crippen LogP contribution >= 0.6 is 0 Å². The lowest BCUT2D eigenvalue weighted by molar-refractivity contribution is -0.153. The molecule has 1 saturated carbocycles. The van der Waals surface area contributed by atoms with Crippen LogP contribution in [0.5, 0.6) is 5.75 Å². The van der Waals surface area contributed by atoms with Crippen molar-refractivity contribution < 1.29 is 34.8 Å². The van der Waals surface area contributed by atoms with Crippen molar-refractivity contribution >= 4 is 37.0 Å². The second-order valence-electron chi connectivity index (χ2n) is 12.0. The van der Waals surface area contributed by atoms with Gasteiger partial charge < -0.3 is 31.1 Å². The Morgan fingerprint density at radius 3 is 2.26 bits per heavy atom. The number of phenolic OH excluding ortho intramolecular Hbond substituents is 1. The number of Topliss-reactive ketones (excluding diaryl/α,β-unsaturated/α-hetero) is 2. The highest BCUT2D eigenvalue weighted by atomic mass is 28.3. The van der Waals surface area contributed by atoms with Crippen LogP contribution in [-0.2, 0) is 20.8 Å². The van der Waals surface area contributed by atoms with Gasteiger partial charge in [0.15, 0.2) is 11.4 Å². The largest absolute Gasteiger partial charge is 0.508 e. The Labute approximate surface area is 228 Å². The summed E-state index contributed by atoms with van der Waals surface area (Å²) in [5, 5.41) is 45.5. The highest BCUT2D eigenvalue weighted by molar-refractivity contribution is 6.83. The first kappa shape index (κ1) is 28.4. The third-order valence-corrected chi connectivity index (χ3v) is 8.63.